The molecular weight excluding hydrogens is 310 g/mol. The summed E-state index contributed by atoms with van der Waals surface area (Å²) in [6.45, 7) is 5.72. The molecule has 0 bridgehead atoms. The maximum atomic E-state index is 11.8. The Morgan fingerprint density at radius 2 is 2.06 bits per heavy atom. The van der Waals surface area contributed by atoms with Gasteiger partial charge in [-0.2, -0.15) is 8.61 Å². The van der Waals surface area contributed by atoms with Crippen LogP contribution in [0.3, 0.4) is 0 Å². The second-order valence-electron chi connectivity index (χ2n) is 4.28. The Morgan fingerprint density at radius 3 is 2.56 bits per heavy atom. The molecule has 1 rings (SSSR count). The maximum absolute atomic E-state index is 11.8. The highest BCUT2D eigenvalue weighted by Gasteiger charge is 2.24. The lowest BCUT2D eigenvalue weighted by atomic mass is 10.2. The van der Waals surface area contributed by atoms with Crippen molar-refractivity contribution in [1.82, 2.24) is 0 Å². The molecule has 1 aromatic rings. The van der Waals surface area contributed by atoms with Crippen LogP contribution < -0.4 is 4.40 Å². The van der Waals surface area contributed by atoms with Gasteiger partial charge in [-0.1, -0.05) is 17.7 Å². The molecule has 0 aliphatic rings. The maximum Gasteiger partial charge on any atom is 0.285 e. The minimum Gasteiger partial charge on any atom is -0.186 e. The van der Waals surface area contributed by atoms with Crippen molar-refractivity contribution in [1.29, 1.82) is 0 Å². The van der Waals surface area contributed by atoms with E-state index >= 15 is 0 Å². The molecule has 0 aromatic heterocycles. The molecule has 0 saturated heterocycles. The van der Waals surface area contributed by atoms with Crippen LogP contribution in [0.4, 0.5) is 0 Å². The number of nitrogens with one attached hydrogen (secondary N) is 1. The summed E-state index contributed by atoms with van der Waals surface area (Å²) in [5, 5.41) is 0.618. The molecule has 1 atom stereocenters. The Kier molecular flexibility index (Phi) is 4.71. The van der Waals surface area contributed by atoms with Gasteiger partial charge in [0, 0.05) is 4.47 Å². The lowest BCUT2D eigenvalue weighted by molar-refractivity contribution is -0.252. The van der Waals surface area contributed by atoms with Crippen LogP contribution in [-0.4, -0.2) is 15.2 Å². The molecule has 0 spiro atoms. The second kappa shape index (κ2) is 5.43. The molecule has 0 amide bonds. The topological polar surface area (TPSA) is 31.0 Å². The summed E-state index contributed by atoms with van der Waals surface area (Å²) in [6.07, 6.45) is 1.67. The van der Waals surface area contributed by atoms with E-state index in [1.165, 1.54) is 0 Å². The Morgan fingerprint density at radius 1 is 1.44 bits per heavy atom. The molecule has 0 fully saturated rings. The molecule has 5 heteroatoms. The molecule has 1 aromatic carbocycles. The van der Waals surface area contributed by atoms with Crippen molar-refractivity contribution >= 4 is 44.7 Å². The Balaban J connectivity index is 2.98. The summed E-state index contributed by atoms with van der Waals surface area (Å²) >= 11 is 9.42. The number of hydrogen-bond donors (Lipinski definition) is 1. The van der Waals surface area contributed by atoms with Gasteiger partial charge in [0.2, 0.25) is 0 Å². The molecule has 0 aliphatic heterocycles. The zero-order valence-electron chi connectivity index (χ0n) is 9.38. The second-order valence-corrected chi connectivity index (χ2v) is 7.54. The zero-order valence-corrected chi connectivity index (χ0v) is 12.5. The van der Waals surface area contributed by atoms with Crippen LogP contribution in [0, 0.1) is 0 Å². The summed E-state index contributed by atoms with van der Waals surface area (Å²) in [6, 6.07) is 5.53. The van der Waals surface area contributed by atoms with Crippen molar-refractivity contribution in [2.45, 2.75) is 25.5 Å². The molecule has 1 N–H and O–H groups in total. The van der Waals surface area contributed by atoms with E-state index < -0.39 is 11.0 Å². The monoisotopic (exact) mass is 322 g/mol. The first-order valence-electron chi connectivity index (χ1n) is 4.77. The van der Waals surface area contributed by atoms with Crippen molar-refractivity contribution in [3.05, 3.63) is 33.3 Å². The third-order valence-corrected chi connectivity index (χ3v) is 4.33. The summed E-state index contributed by atoms with van der Waals surface area (Å²) < 4.78 is 15.2. The molecule has 0 aliphatic carbocycles. The van der Waals surface area contributed by atoms with E-state index in [0.717, 1.165) is 10.0 Å². The molecular formula is C11H14BrClNOS+. The fourth-order valence-electron chi connectivity index (χ4n) is 0.938. The lowest BCUT2D eigenvalue weighted by Crippen LogP contribution is -2.74. The first kappa shape index (κ1) is 13.9. The van der Waals surface area contributed by atoms with Crippen LogP contribution in [0.15, 0.2) is 22.7 Å². The minimum atomic E-state index is -1.14. The predicted molar refractivity (Wildman–Crippen MR) is 73.2 cm³/mol. The molecule has 0 saturated carbocycles. The van der Waals surface area contributed by atoms with Gasteiger partial charge in [-0.25, -0.2) is 0 Å². The van der Waals surface area contributed by atoms with Gasteiger partial charge in [-0.15, -0.1) is 0 Å². The van der Waals surface area contributed by atoms with Crippen LogP contribution in [0.25, 0.3) is 0 Å². The largest absolute Gasteiger partial charge is 0.285 e. The molecule has 0 heterocycles. The predicted octanol–water partition coefficient (Wildman–Crippen LogP) is 2.06. The Bertz CT molecular complexity index is 420. The highest BCUT2D eigenvalue weighted by atomic mass is 79.9. The van der Waals surface area contributed by atoms with Gasteiger partial charge in [0.15, 0.2) is 6.21 Å². The average Bonchev–Trinajstić information content (AvgIpc) is 2.15. The van der Waals surface area contributed by atoms with Gasteiger partial charge in [-0.3, -0.25) is 0 Å². The van der Waals surface area contributed by atoms with E-state index in [-0.39, 0.29) is 4.75 Å². The summed E-state index contributed by atoms with van der Waals surface area (Å²) in [5.74, 6) is 0. The normalized spacial score (nSPS) is 14.3. The van der Waals surface area contributed by atoms with E-state index in [2.05, 4.69) is 20.3 Å². The number of rotatable bonds is 2. The quantitative estimate of drug-likeness (QED) is 0.830. The van der Waals surface area contributed by atoms with Crippen LogP contribution >= 0.6 is 27.5 Å². The fourth-order valence-corrected chi connectivity index (χ4v) is 2.34. The van der Waals surface area contributed by atoms with Crippen molar-refractivity contribution in [3.63, 3.8) is 0 Å². The van der Waals surface area contributed by atoms with Crippen molar-refractivity contribution in [2.24, 2.45) is 0 Å². The summed E-state index contributed by atoms with van der Waals surface area (Å²) in [7, 11) is -1.14. The molecule has 2 nitrogen and oxygen atoms in total. The van der Waals surface area contributed by atoms with E-state index in [0.29, 0.717) is 5.02 Å². The third-order valence-electron chi connectivity index (χ3n) is 1.87. The third kappa shape index (κ3) is 3.68. The lowest BCUT2D eigenvalue weighted by Gasteiger charge is -2.07. The molecule has 1 unspecified atom stereocenters. The van der Waals surface area contributed by atoms with Crippen molar-refractivity contribution in [2.75, 3.05) is 0 Å². The van der Waals surface area contributed by atoms with Gasteiger partial charge in [0.05, 0.1) is 15.3 Å². The summed E-state index contributed by atoms with van der Waals surface area (Å²) in [4.78, 5) is 0. The van der Waals surface area contributed by atoms with Gasteiger partial charge < -0.3 is 0 Å². The Hall–Kier alpha value is -0.190. The van der Waals surface area contributed by atoms with E-state index in [4.69, 9.17) is 11.6 Å². The van der Waals surface area contributed by atoms with Gasteiger partial charge in [-0.05, 0) is 48.8 Å². The van der Waals surface area contributed by atoms with Gasteiger partial charge in [0.25, 0.3) is 11.0 Å². The zero-order chi connectivity index (χ0) is 12.3. The van der Waals surface area contributed by atoms with Crippen LogP contribution in [0.1, 0.15) is 26.3 Å². The first-order valence-corrected chi connectivity index (χ1v) is 7.10. The summed E-state index contributed by atoms with van der Waals surface area (Å²) in [5.41, 5.74) is 0.807. The average molecular weight is 324 g/mol. The smallest absolute Gasteiger partial charge is 0.186 e. The van der Waals surface area contributed by atoms with Crippen LogP contribution in [0.2, 0.25) is 5.02 Å². The van der Waals surface area contributed by atoms with Crippen molar-refractivity contribution < 1.29 is 8.61 Å². The Labute approximate surface area is 112 Å². The van der Waals surface area contributed by atoms with E-state index in [9.17, 15) is 4.21 Å². The highest BCUT2D eigenvalue weighted by Crippen LogP contribution is 2.21. The van der Waals surface area contributed by atoms with E-state index in [1.807, 2.05) is 32.9 Å². The highest BCUT2D eigenvalue weighted by molar-refractivity contribution is 9.10. The van der Waals surface area contributed by atoms with E-state index in [1.54, 1.807) is 12.3 Å². The number of hydrogen-bond acceptors (Lipinski definition) is 1. The van der Waals surface area contributed by atoms with Gasteiger partial charge >= 0.3 is 0 Å². The minimum absolute atomic E-state index is 0.301. The molecule has 16 heavy (non-hydrogen) atoms. The van der Waals surface area contributed by atoms with Crippen LogP contribution in [0.5, 0.6) is 0 Å². The molecule has 88 valence electrons. The van der Waals surface area contributed by atoms with Crippen molar-refractivity contribution in [3.8, 4) is 0 Å². The standard InChI is InChI=1S/C11H13BrClNOS/c1-11(2,3)16(15)14-7-8-9(12)5-4-6-10(8)13/h4-7H,1-3H3/p+1/b14-7+. The van der Waals surface area contributed by atoms with Gasteiger partial charge in [0.1, 0.15) is 0 Å². The molecule has 0 radical (unpaired) electrons. The SMILES string of the molecule is CC(C)(C)S(=O)/[NH+]=C/c1c(Cl)cccc1Br. The fraction of sp³-hybridized carbons (Fsp3) is 0.364. The number of benzene rings is 1. The van der Waals surface area contributed by atoms with Crippen LogP contribution in [-0.2, 0) is 11.0 Å². The number of halogens is 2. The first-order chi connectivity index (χ1) is 7.32.